The first-order valence-corrected chi connectivity index (χ1v) is 14.0. The van der Waals surface area contributed by atoms with Gasteiger partial charge in [-0.05, 0) is 70.1 Å². The average molecular weight is 632 g/mol. The second-order valence-corrected chi connectivity index (χ2v) is 11.6. The molecule has 0 saturated heterocycles. The van der Waals surface area contributed by atoms with Crippen molar-refractivity contribution in [3.8, 4) is 0 Å². The van der Waals surface area contributed by atoms with Crippen molar-refractivity contribution in [2.24, 2.45) is 11.1 Å². The van der Waals surface area contributed by atoms with E-state index < -0.39 is 41.1 Å². The zero-order chi connectivity index (χ0) is 25.2. The van der Waals surface area contributed by atoms with Crippen LogP contribution < -0.4 is 10.5 Å². The van der Waals surface area contributed by atoms with Gasteiger partial charge in [0.1, 0.15) is 18.3 Å². The maximum absolute atomic E-state index is 14.8. The Kier molecular flexibility index (Phi) is 8.12. The van der Waals surface area contributed by atoms with E-state index in [1.165, 1.54) is 23.9 Å². The molecular weight excluding hydrogens is 610 g/mol. The number of rotatable bonds is 9. The number of benzene rings is 1. The average Bonchev–Trinajstić information content (AvgIpc) is 3.37. The number of halogens is 2. The highest BCUT2D eigenvalue weighted by molar-refractivity contribution is 14.1. The molecule has 4 rings (SSSR count). The number of aromatic nitrogens is 2. The fourth-order valence-corrected chi connectivity index (χ4v) is 5.81. The number of carbonyl (C=O) groups excluding carboxylic acids is 1. The summed E-state index contributed by atoms with van der Waals surface area (Å²) < 4.78 is 42.5. The molecule has 1 saturated carbocycles. The highest BCUT2D eigenvalue weighted by atomic mass is 127. The number of anilines is 1. The molecule has 1 fully saturated rings. The van der Waals surface area contributed by atoms with Gasteiger partial charge in [0.15, 0.2) is 0 Å². The van der Waals surface area contributed by atoms with Gasteiger partial charge < -0.3 is 10.4 Å². The van der Waals surface area contributed by atoms with Gasteiger partial charge in [-0.25, -0.2) is 19.5 Å². The van der Waals surface area contributed by atoms with E-state index in [-0.39, 0.29) is 23.6 Å². The van der Waals surface area contributed by atoms with Gasteiger partial charge in [-0.3, -0.25) is 8.98 Å². The molecule has 9 nitrogen and oxygen atoms in total. The second-order valence-electron chi connectivity index (χ2n) is 8.20. The van der Waals surface area contributed by atoms with Gasteiger partial charge in [0.25, 0.3) is 0 Å². The van der Waals surface area contributed by atoms with Crippen LogP contribution in [-0.4, -0.2) is 54.2 Å². The molecule has 0 spiro atoms. The topological polar surface area (TPSA) is 144 Å². The van der Waals surface area contributed by atoms with Crippen molar-refractivity contribution in [2.75, 3.05) is 11.9 Å². The SMILES string of the molecule is NS(=O)(=O)OC[C@H]1C[C@@H](Nc2ncncc2C(=O)c2cc(Cc3cccc(I)c3)cs2)[C@@H](F)[C@@H]1O. The molecule has 1 aromatic carbocycles. The van der Waals surface area contributed by atoms with Crippen molar-refractivity contribution in [1.82, 2.24) is 9.97 Å². The summed E-state index contributed by atoms with van der Waals surface area (Å²) in [5.41, 5.74) is 2.29. The largest absolute Gasteiger partial charge is 0.390 e. The highest BCUT2D eigenvalue weighted by Gasteiger charge is 2.44. The van der Waals surface area contributed by atoms with Crippen molar-refractivity contribution >= 4 is 55.8 Å². The Morgan fingerprint density at radius 1 is 1.34 bits per heavy atom. The van der Waals surface area contributed by atoms with Gasteiger partial charge in [0.2, 0.25) is 5.78 Å². The van der Waals surface area contributed by atoms with E-state index in [0.717, 1.165) is 14.7 Å². The first-order valence-electron chi connectivity index (χ1n) is 10.5. The number of alkyl halides is 1. The molecule has 186 valence electrons. The summed E-state index contributed by atoms with van der Waals surface area (Å²) in [6.07, 6.45) is 0.129. The summed E-state index contributed by atoms with van der Waals surface area (Å²) in [4.78, 5) is 21.8. The number of hydrogen-bond donors (Lipinski definition) is 3. The quantitative estimate of drug-likeness (QED) is 0.241. The standard InChI is InChI=1S/C22H22FIN4O5S2/c23-19-17(7-14(20(19)29)9-33-35(25,31)32)28-22-16(8-26-11-27-22)21(30)18-6-13(10-34-18)4-12-2-1-3-15(24)5-12/h1-3,5-6,8,10-11,14,17,19-20,29H,4,7,9H2,(H2,25,31,32)(H,26,27,28)/t14-,17-,19-,20-/m1/s1. The molecule has 0 unspecified atom stereocenters. The Morgan fingerprint density at radius 3 is 2.89 bits per heavy atom. The van der Waals surface area contributed by atoms with Crippen LogP contribution in [0.1, 0.15) is 32.8 Å². The number of aliphatic hydroxyl groups excluding tert-OH is 1. The molecule has 4 atom stereocenters. The number of carbonyl (C=O) groups is 1. The molecule has 35 heavy (non-hydrogen) atoms. The molecule has 1 aliphatic carbocycles. The van der Waals surface area contributed by atoms with E-state index in [1.54, 1.807) is 0 Å². The summed E-state index contributed by atoms with van der Waals surface area (Å²) in [5, 5.41) is 19.8. The van der Waals surface area contributed by atoms with Gasteiger partial charge in [-0.2, -0.15) is 8.42 Å². The summed E-state index contributed by atoms with van der Waals surface area (Å²) >= 11 is 3.56. The summed E-state index contributed by atoms with van der Waals surface area (Å²) in [6, 6.07) is 9.01. The van der Waals surface area contributed by atoms with Crippen molar-refractivity contribution < 1.29 is 26.9 Å². The number of aliphatic hydroxyl groups is 1. The van der Waals surface area contributed by atoms with Crippen molar-refractivity contribution in [2.45, 2.75) is 31.2 Å². The van der Waals surface area contributed by atoms with E-state index in [0.29, 0.717) is 11.3 Å². The first kappa shape index (κ1) is 26.0. The zero-order valence-corrected chi connectivity index (χ0v) is 22.0. The van der Waals surface area contributed by atoms with Crippen molar-refractivity contribution in [3.05, 3.63) is 73.4 Å². The molecule has 3 aromatic rings. The van der Waals surface area contributed by atoms with Gasteiger partial charge in [-0.15, -0.1) is 11.3 Å². The smallest absolute Gasteiger partial charge is 0.333 e. The molecule has 0 radical (unpaired) electrons. The number of nitrogens with two attached hydrogens (primary N) is 1. The maximum Gasteiger partial charge on any atom is 0.333 e. The van der Waals surface area contributed by atoms with E-state index >= 15 is 0 Å². The van der Waals surface area contributed by atoms with Crippen molar-refractivity contribution in [3.63, 3.8) is 0 Å². The molecule has 0 bridgehead atoms. The van der Waals surface area contributed by atoms with E-state index in [4.69, 9.17) is 5.14 Å². The second kappa shape index (κ2) is 10.9. The van der Waals surface area contributed by atoms with Crippen LogP contribution in [0.2, 0.25) is 0 Å². The lowest BCUT2D eigenvalue weighted by Crippen LogP contribution is -2.33. The Hall–Kier alpha value is -2.04. The minimum absolute atomic E-state index is 0.0501. The maximum atomic E-state index is 14.8. The lowest BCUT2D eigenvalue weighted by atomic mass is 10.1. The first-order chi connectivity index (χ1) is 16.6. The van der Waals surface area contributed by atoms with Crippen LogP contribution in [0.3, 0.4) is 0 Å². The van der Waals surface area contributed by atoms with Crippen LogP contribution in [-0.2, 0) is 20.9 Å². The van der Waals surface area contributed by atoms with Crippen LogP contribution in [0.25, 0.3) is 0 Å². The minimum Gasteiger partial charge on any atom is -0.390 e. The number of nitrogens with one attached hydrogen (secondary N) is 1. The van der Waals surface area contributed by atoms with Gasteiger partial charge in [0.05, 0.1) is 29.2 Å². The lowest BCUT2D eigenvalue weighted by molar-refractivity contribution is 0.0501. The number of thiophene rings is 1. The van der Waals surface area contributed by atoms with Crippen molar-refractivity contribution in [1.29, 1.82) is 0 Å². The molecule has 2 aromatic heterocycles. The fourth-order valence-electron chi connectivity index (χ4n) is 3.97. The van der Waals surface area contributed by atoms with Gasteiger partial charge >= 0.3 is 10.3 Å². The van der Waals surface area contributed by atoms with Crippen LogP contribution in [0, 0.1) is 9.49 Å². The highest BCUT2D eigenvalue weighted by Crippen LogP contribution is 2.33. The summed E-state index contributed by atoms with van der Waals surface area (Å²) in [5.74, 6) is -0.983. The van der Waals surface area contributed by atoms with E-state index in [9.17, 15) is 22.7 Å². The molecule has 13 heteroatoms. The Morgan fingerprint density at radius 2 is 2.14 bits per heavy atom. The molecule has 1 aliphatic rings. The molecule has 0 aliphatic heterocycles. The Bertz CT molecular complexity index is 1320. The van der Waals surface area contributed by atoms with Crippen LogP contribution >= 0.6 is 33.9 Å². The lowest BCUT2D eigenvalue weighted by Gasteiger charge is -2.18. The minimum atomic E-state index is -4.22. The van der Waals surface area contributed by atoms with Gasteiger partial charge in [0, 0.05) is 15.7 Å². The van der Waals surface area contributed by atoms with Crippen LogP contribution in [0.5, 0.6) is 0 Å². The third-order valence-corrected chi connectivity index (χ3v) is 7.76. The van der Waals surface area contributed by atoms with E-state index in [1.807, 2.05) is 29.6 Å². The summed E-state index contributed by atoms with van der Waals surface area (Å²) in [6.45, 7) is -0.452. The van der Waals surface area contributed by atoms with E-state index in [2.05, 4.69) is 48.1 Å². The predicted octanol–water partition coefficient (Wildman–Crippen LogP) is 2.68. The number of ketones is 1. The number of nitrogens with zero attached hydrogens (tertiary/aromatic N) is 2. The van der Waals surface area contributed by atoms with Gasteiger partial charge in [-0.1, -0.05) is 12.1 Å². The fraction of sp³-hybridized carbons (Fsp3) is 0.318. The normalized spacial score (nSPS) is 22.3. The van der Waals surface area contributed by atoms with Crippen LogP contribution in [0.4, 0.5) is 10.2 Å². The Labute approximate surface area is 219 Å². The van der Waals surface area contributed by atoms with Crippen LogP contribution in [0.15, 0.2) is 48.2 Å². The predicted molar refractivity (Wildman–Crippen MR) is 137 cm³/mol. The molecule has 4 N–H and O–H groups in total. The number of hydrogen-bond acceptors (Lipinski definition) is 9. The summed E-state index contributed by atoms with van der Waals surface area (Å²) in [7, 11) is -4.22. The third-order valence-electron chi connectivity index (χ3n) is 5.65. The Balaban J connectivity index is 1.47. The zero-order valence-electron chi connectivity index (χ0n) is 18.2. The molecular formula is C22H22FIN4O5S2. The third kappa shape index (κ3) is 6.59. The monoisotopic (exact) mass is 632 g/mol. The molecule has 2 heterocycles. The molecule has 0 amide bonds.